The zero-order valence-electron chi connectivity index (χ0n) is 11.1. The second-order valence-corrected chi connectivity index (χ2v) is 6.53. The predicted octanol–water partition coefficient (Wildman–Crippen LogP) is 2.20. The molecule has 2 rings (SSSR count). The van der Waals surface area contributed by atoms with Crippen molar-refractivity contribution in [1.29, 1.82) is 0 Å². The first-order valence-electron chi connectivity index (χ1n) is 7.04. The Morgan fingerprint density at radius 1 is 1.18 bits per heavy atom. The molecule has 98 valence electrons. The van der Waals surface area contributed by atoms with Crippen LogP contribution in [0.4, 0.5) is 0 Å². The molecule has 2 aliphatic carbocycles. The molecule has 0 aromatic carbocycles. The molecular formula is C14H26N2O. The fourth-order valence-corrected chi connectivity index (χ4v) is 3.25. The van der Waals surface area contributed by atoms with E-state index in [1.165, 1.54) is 32.1 Å². The second kappa shape index (κ2) is 4.97. The molecule has 3 nitrogen and oxygen atoms in total. The first-order chi connectivity index (χ1) is 8.08. The van der Waals surface area contributed by atoms with Gasteiger partial charge in [0, 0.05) is 13.0 Å². The molecule has 0 saturated heterocycles. The lowest BCUT2D eigenvalue weighted by atomic mass is 9.66. The van der Waals surface area contributed by atoms with Crippen molar-refractivity contribution in [1.82, 2.24) is 5.32 Å². The number of carbonyl (C=O) groups excluding carboxylic acids is 1. The summed E-state index contributed by atoms with van der Waals surface area (Å²) < 4.78 is 0. The molecule has 2 aliphatic rings. The molecule has 2 fully saturated rings. The zero-order chi connectivity index (χ0) is 12.4. The Balaban J connectivity index is 1.74. The number of hydrogen-bond donors (Lipinski definition) is 2. The number of hydrogen-bond acceptors (Lipinski definition) is 2. The Labute approximate surface area is 105 Å². The molecule has 0 heterocycles. The van der Waals surface area contributed by atoms with Gasteiger partial charge in [0.15, 0.2) is 0 Å². The van der Waals surface area contributed by atoms with Gasteiger partial charge >= 0.3 is 0 Å². The van der Waals surface area contributed by atoms with E-state index in [4.69, 9.17) is 5.73 Å². The topological polar surface area (TPSA) is 55.1 Å². The van der Waals surface area contributed by atoms with Crippen LogP contribution in [0.25, 0.3) is 0 Å². The molecule has 1 amide bonds. The van der Waals surface area contributed by atoms with Crippen LogP contribution in [0, 0.1) is 10.8 Å². The maximum absolute atomic E-state index is 11.9. The summed E-state index contributed by atoms with van der Waals surface area (Å²) >= 11 is 0. The van der Waals surface area contributed by atoms with Crippen molar-refractivity contribution in [3.05, 3.63) is 0 Å². The van der Waals surface area contributed by atoms with Crippen molar-refractivity contribution in [3.63, 3.8) is 0 Å². The Hall–Kier alpha value is -0.570. The van der Waals surface area contributed by atoms with Crippen LogP contribution in [0.2, 0.25) is 0 Å². The van der Waals surface area contributed by atoms with Crippen LogP contribution in [0.5, 0.6) is 0 Å². The summed E-state index contributed by atoms with van der Waals surface area (Å²) in [6.45, 7) is 3.81. The van der Waals surface area contributed by atoms with Gasteiger partial charge in [0.05, 0.1) is 0 Å². The number of rotatable bonds is 5. The van der Waals surface area contributed by atoms with Crippen LogP contribution in [0.1, 0.15) is 58.3 Å². The highest BCUT2D eigenvalue weighted by atomic mass is 16.1. The summed E-state index contributed by atoms with van der Waals surface area (Å²) in [7, 11) is 0. The van der Waals surface area contributed by atoms with E-state index in [1.54, 1.807) is 0 Å². The summed E-state index contributed by atoms with van der Waals surface area (Å²) in [5.41, 5.74) is 6.27. The van der Waals surface area contributed by atoms with Crippen LogP contribution in [0.3, 0.4) is 0 Å². The third-order valence-electron chi connectivity index (χ3n) is 4.91. The summed E-state index contributed by atoms with van der Waals surface area (Å²) in [6, 6.07) is 0. The summed E-state index contributed by atoms with van der Waals surface area (Å²) in [5.74, 6) is 0.211. The molecule has 0 radical (unpaired) electrons. The van der Waals surface area contributed by atoms with Gasteiger partial charge < -0.3 is 11.1 Å². The fourth-order valence-electron chi connectivity index (χ4n) is 3.25. The highest BCUT2D eigenvalue weighted by Crippen LogP contribution is 2.43. The van der Waals surface area contributed by atoms with Gasteiger partial charge in [-0.2, -0.15) is 0 Å². The first-order valence-corrected chi connectivity index (χ1v) is 7.04. The molecule has 3 heteroatoms. The molecule has 17 heavy (non-hydrogen) atoms. The van der Waals surface area contributed by atoms with Crippen molar-refractivity contribution in [2.75, 3.05) is 13.1 Å². The monoisotopic (exact) mass is 238 g/mol. The third-order valence-corrected chi connectivity index (χ3v) is 4.91. The van der Waals surface area contributed by atoms with E-state index in [9.17, 15) is 4.79 Å². The molecule has 0 unspecified atom stereocenters. The van der Waals surface area contributed by atoms with E-state index < -0.39 is 0 Å². The lowest BCUT2D eigenvalue weighted by Gasteiger charge is -2.40. The number of nitrogens with two attached hydrogens (primary N) is 1. The van der Waals surface area contributed by atoms with Gasteiger partial charge in [0.2, 0.25) is 5.91 Å². The number of carbonyl (C=O) groups is 1. The summed E-state index contributed by atoms with van der Waals surface area (Å²) in [4.78, 5) is 11.9. The van der Waals surface area contributed by atoms with Gasteiger partial charge in [-0.1, -0.05) is 26.2 Å². The molecule has 0 aromatic heterocycles. The lowest BCUT2D eigenvalue weighted by molar-refractivity contribution is -0.125. The molecular weight excluding hydrogens is 212 g/mol. The number of nitrogens with one attached hydrogen (secondary N) is 1. The van der Waals surface area contributed by atoms with Crippen molar-refractivity contribution in [3.8, 4) is 0 Å². The maximum atomic E-state index is 11.9. The van der Waals surface area contributed by atoms with Crippen LogP contribution >= 0.6 is 0 Å². The fraction of sp³-hybridized carbons (Fsp3) is 0.929. The smallest absolute Gasteiger partial charge is 0.220 e. The van der Waals surface area contributed by atoms with Gasteiger partial charge in [0.1, 0.15) is 0 Å². The molecule has 0 atom stereocenters. The molecule has 2 saturated carbocycles. The predicted molar refractivity (Wildman–Crippen MR) is 69.5 cm³/mol. The average molecular weight is 238 g/mol. The minimum atomic E-state index is 0.140. The average Bonchev–Trinajstić information content (AvgIpc) is 2.69. The van der Waals surface area contributed by atoms with E-state index in [1.807, 2.05) is 0 Å². The highest BCUT2D eigenvalue weighted by molar-refractivity contribution is 5.76. The van der Waals surface area contributed by atoms with E-state index in [0.29, 0.717) is 18.4 Å². The molecule has 3 N–H and O–H groups in total. The highest BCUT2D eigenvalue weighted by Gasteiger charge is 2.38. The second-order valence-electron chi connectivity index (χ2n) is 6.53. The minimum absolute atomic E-state index is 0.140. The third kappa shape index (κ3) is 3.01. The van der Waals surface area contributed by atoms with Crippen LogP contribution in [-0.2, 0) is 4.79 Å². The largest absolute Gasteiger partial charge is 0.356 e. The minimum Gasteiger partial charge on any atom is -0.356 e. The zero-order valence-corrected chi connectivity index (χ0v) is 11.1. The van der Waals surface area contributed by atoms with Crippen LogP contribution in [-0.4, -0.2) is 19.0 Å². The normalized spacial score (nSPS) is 25.3. The molecule has 0 bridgehead atoms. The maximum Gasteiger partial charge on any atom is 0.220 e. The SMILES string of the molecule is CC1(CNC(=O)CC2(CN)CCC2)CCCC1. The first kappa shape index (κ1) is 12.9. The van der Waals surface area contributed by atoms with Crippen molar-refractivity contribution >= 4 is 5.91 Å². The van der Waals surface area contributed by atoms with Crippen LogP contribution < -0.4 is 11.1 Å². The van der Waals surface area contributed by atoms with E-state index in [2.05, 4.69) is 12.2 Å². The van der Waals surface area contributed by atoms with Crippen molar-refractivity contribution in [2.24, 2.45) is 16.6 Å². The Bertz CT molecular complexity index is 272. The van der Waals surface area contributed by atoms with Gasteiger partial charge in [-0.25, -0.2) is 0 Å². The molecule has 0 spiro atoms. The van der Waals surface area contributed by atoms with Gasteiger partial charge in [-0.05, 0) is 43.1 Å². The van der Waals surface area contributed by atoms with E-state index >= 15 is 0 Å². The van der Waals surface area contributed by atoms with Gasteiger partial charge in [-0.3, -0.25) is 4.79 Å². The Kier molecular flexibility index (Phi) is 3.76. The van der Waals surface area contributed by atoms with Crippen LogP contribution in [0.15, 0.2) is 0 Å². The van der Waals surface area contributed by atoms with E-state index in [0.717, 1.165) is 19.4 Å². The van der Waals surface area contributed by atoms with Crippen molar-refractivity contribution < 1.29 is 4.79 Å². The summed E-state index contributed by atoms with van der Waals surface area (Å²) in [6.07, 6.45) is 9.30. The standard InChI is InChI=1S/C14H26N2O/c1-13(5-2-3-6-13)11-16-12(17)9-14(10-15)7-4-8-14/h2-11,15H2,1H3,(H,16,17). The lowest BCUT2D eigenvalue weighted by Crippen LogP contribution is -2.43. The Morgan fingerprint density at radius 2 is 1.82 bits per heavy atom. The quantitative estimate of drug-likeness (QED) is 0.771. The Morgan fingerprint density at radius 3 is 2.29 bits per heavy atom. The molecule has 0 aromatic rings. The van der Waals surface area contributed by atoms with E-state index in [-0.39, 0.29) is 11.3 Å². The molecule has 0 aliphatic heterocycles. The van der Waals surface area contributed by atoms with Gasteiger partial charge in [-0.15, -0.1) is 0 Å². The summed E-state index contributed by atoms with van der Waals surface area (Å²) in [5, 5.41) is 3.13. The number of amides is 1. The van der Waals surface area contributed by atoms with Gasteiger partial charge in [0.25, 0.3) is 0 Å². The van der Waals surface area contributed by atoms with Crippen molar-refractivity contribution in [2.45, 2.75) is 58.3 Å².